The maximum Gasteiger partial charge on any atom is 0.330 e. The lowest BCUT2D eigenvalue weighted by molar-refractivity contribution is -0.120. The van der Waals surface area contributed by atoms with E-state index in [1.54, 1.807) is 6.92 Å². The average Bonchev–Trinajstić information content (AvgIpc) is 2.86. The molecule has 3 N–H and O–H groups in total. The van der Waals surface area contributed by atoms with E-state index >= 15 is 0 Å². The minimum Gasteiger partial charge on any atom is -0.383 e. The molecule has 0 atom stereocenters. The number of benzene rings is 2. The van der Waals surface area contributed by atoms with Crippen molar-refractivity contribution in [3.63, 3.8) is 0 Å². The van der Waals surface area contributed by atoms with Crippen molar-refractivity contribution in [2.75, 3.05) is 49.9 Å². The fraction of sp³-hybridized carbons (Fsp3) is 0.346. The average molecular weight is 477 g/mol. The molecular formula is C26H32N6O3. The van der Waals surface area contributed by atoms with Crippen molar-refractivity contribution in [2.24, 2.45) is 0 Å². The summed E-state index contributed by atoms with van der Waals surface area (Å²) in [6, 6.07) is 19.7. The van der Waals surface area contributed by atoms with Gasteiger partial charge in [0.25, 0.3) is 5.56 Å². The Morgan fingerprint density at radius 2 is 1.43 bits per heavy atom. The Morgan fingerprint density at radius 3 is 2.00 bits per heavy atom. The molecule has 0 spiro atoms. The van der Waals surface area contributed by atoms with E-state index < -0.39 is 11.2 Å². The maximum absolute atomic E-state index is 13.2. The summed E-state index contributed by atoms with van der Waals surface area (Å²) in [5.41, 5.74) is 7.21. The number of nitrogens with two attached hydrogens (primary N) is 1. The molecule has 0 bridgehead atoms. The summed E-state index contributed by atoms with van der Waals surface area (Å²) in [6.07, 6.45) is 0. The van der Waals surface area contributed by atoms with Crippen molar-refractivity contribution in [1.29, 1.82) is 0 Å². The van der Waals surface area contributed by atoms with E-state index in [4.69, 9.17) is 5.73 Å². The predicted octanol–water partition coefficient (Wildman–Crippen LogP) is 1.34. The van der Waals surface area contributed by atoms with Crippen LogP contribution >= 0.6 is 0 Å². The van der Waals surface area contributed by atoms with Crippen LogP contribution < -0.4 is 21.9 Å². The lowest BCUT2D eigenvalue weighted by Crippen LogP contribution is -2.50. The quantitative estimate of drug-likeness (QED) is 0.508. The lowest BCUT2D eigenvalue weighted by Gasteiger charge is -2.35. The van der Waals surface area contributed by atoms with E-state index in [0.29, 0.717) is 0 Å². The van der Waals surface area contributed by atoms with Gasteiger partial charge in [0.1, 0.15) is 5.82 Å². The van der Waals surface area contributed by atoms with Gasteiger partial charge in [0.15, 0.2) is 5.69 Å². The number of aromatic nitrogens is 2. The van der Waals surface area contributed by atoms with Crippen molar-refractivity contribution < 1.29 is 4.79 Å². The fourth-order valence-corrected chi connectivity index (χ4v) is 4.44. The van der Waals surface area contributed by atoms with Crippen LogP contribution in [0.5, 0.6) is 0 Å². The molecule has 1 aromatic heterocycles. The zero-order valence-electron chi connectivity index (χ0n) is 20.0. The fourth-order valence-electron chi connectivity index (χ4n) is 4.44. The molecule has 1 amide bonds. The number of likely N-dealkylation sites (N-methyl/N-ethyl adjacent to an activating group) is 1. The number of nitrogens with one attached hydrogen (secondary N) is 1. The number of nitrogens with zero attached hydrogens (tertiary/aromatic N) is 4. The van der Waals surface area contributed by atoms with Crippen LogP contribution in [0, 0.1) is 0 Å². The third-order valence-corrected chi connectivity index (χ3v) is 6.36. The molecule has 0 radical (unpaired) electrons. The molecule has 184 valence electrons. The molecule has 0 saturated carbocycles. The van der Waals surface area contributed by atoms with E-state index in [2.05, 4.69) is 26.9 Å². The predicted molar refractivity (Wildman–Crippen MR) is 137 cm³/mol. The topological polar surface area (TPSA) is 108 Å². The van der Waals surface area contributed by atoms with Crippen LogP contribution in [0.1, 0.15) is 18.1 Å². The smallest absolute Gasteiger partial charge is 0.330 e. The second kappa shape index (κ2) is 11.2. The third-order valence-electron chi connectivity index (χ3n) is 6.36. The first-order chi connectivity index (χ1) is 17.0. The van der Waals surface area contributed by atoms with Gasteiger partial charge in [-0.3, -0.25) is 28.9 Å². The van der Waals surface area contributed by atoms with E-state index in [1.165, 1.54) is 15.0 Å². The number of hydrogen-bond donors (Lipinski definition) is 2. The summed E-state index contributed by atoms with van der Waals surface area (Å²) < 4.78 is 1.30. The Kier molecular flexibility index (Phi) is 7.79. The molecule has 2 heterocycles. The molecule has 0 unspecified atom stereocenters. The monoisotopic (exact) mass is 476 g/mol. The number of piperazine rings is 1. The molecule has 3 aromatic rings. The zero-order valence-corrected chi connectivity index (χ0v) is 20.0. The zero-order chi connectivity index (χ0) is 24.8. The van der Waals surface area contributed by atoms with Crippen molar-refractivity contribution in [2.45, 2.75) is 20.0 Å². The second-order valence-electron chi connectivity index (χ2n) is 8.74. The van der Waals surface area contributed by atoms with E-state index in [-0.39, 0.29) is 37.0 Å². The summed E-state index contributed by atoms with van der Waals surface area (Å²) in [5, 5.41) is 0. The van der Waals surface area contributed by atoms with E-state index in [1.807, 2.05) is 48.5 Å². The molecule has 0 aliphatic carbocycles. The number of hydrogen-bond acceptors (Lipinski definition) is 6. The highest BCUT2D eigenvalue weighted by Crippen LogP contribution is 2.18. The SMILES string of the molecule is CCN(C(=O)CN1CCN(Cc2ccccc2)CC1)c1c(N)n(Cc2ccccc2)c(=O)[nH]c1=O. The number of anilines is 2. The summed E-state index contributed by atoms with van der Waals surface area (Å²) in [4.78, 5) is 46.6. The van der Waals surface area contributed by atoms with Crippen LogP contribution in [-0.4, -0.2) is 64.5 Å². The van der Waals surface area contributed by atoms with Crippen LogP contribution in [0.15, 0.2) is 70.3 Å². The van der Waals surface area contributed by atoms with Crippen LogP contribution in [0.2, 0.25) is 0 Å². The molecule has 1 aliphatic heterocycles. The van der Waals surface area contributed by atoms with Gasteiger partial charge < -0.3 is 10.6 Å². The standard InChI is InChI=1S/C26H32N6O3/c1-2-31(22(33)19-30-15-13-29(14-16-30)17-20-9-5-3-6-10-20)23-24(27)32(26(35)28-25(23)34)18-21-11-7-4-8-12-21/h3-12H,2,13-19,27H2,1H3,(H,28,34,35). The number of carbonyl (C=O) groups is 1. The van der Waals surface area contributed by atoms with Gasteiger partial charge in [0.2, 0.25) is 5.91 Å². The number of nitrogen functional groups attached to an aromatic ring is 1. The normalized spacial score (nSPS) is 14.7. The van der Waals surface area contributed by atoms with Crippen molar-refractivity contribution in [1.82, 2.24) is 19.4 Å². The lowest BCUT2D eigenvalue weighted by atomic mass is 10.2. The first-order valence-electron chi connectivity index (χ1n) is 11.9. The number of aromatic amines is 1. The number of rotatable bonds is 8. The molecular weight excluding hydrogens is 444 g/mol. The molecule has 1 aliphatic rings. The Balaban J connectivity index is 1.45. The maximum atomic E-state index is 13.2. The highest BCUT2D eigenvalue weighted by atomic mass is 16.2. The van der Waals surface area contributed by atoms with Crippen LogP contribution in [0.3, 0.4) is 0 Å². The summed E-state index contributed by atoms with van der Waals surface area (Å²) in [7, 11) is 0. The molecule has 35 heavy (non-hydrogen) atoms. The van der Waals surface area contributed by atoms with Crippen molar-refractivity contribution in [3.8, 4) is 0 Å². The summed E-state index contributed by atoms with van der Waals surface area (Å²) in [5.74, 6) is -0.225. The molecule has 1 saturated heterocycles. The minimum atomic E-state index is -0.653. The van der Waals surface area contributed by atoms with Gasteiger partial charge in [0.05, 0.1) is 13.1 Å². The largest absolute Gasteiger partial charge is 0.383 e. The van der Waals surface area contributed by atoms with Gasteiger partial charge in [0, 0.05) is 39.3 Å². The Bertz CT molecular complexity index is 1250. The van der Waals surface area contributed by atoms with Gasteiger partial charge in [-0.05, 0) is 18.1 Å². The number of amides is 1. The van der Waals surface area contributed by atoms with Gasteiger partial charge in [-0.2, -0.15) is 0 Å². The highest BCUT2D eigenvalue weighted by molar-refractivity contribution is 5.96. The van der Waals surface area contributed by atoms with Gasteiger partial charge >= 0.3 is 5.69 Å². The Morgan fingerprint density at radius 1 is 0.886 bits per heavy atom. The molecule has 9 nitrogen and oxygen atoms in total. The van der Waals surface area contributed by atoms with E-state index in [9.17, 15) is 14.4 Å². The van der Waals surface area contributed by atoms with Crippen molar-refractivity contribution >= 4 is 17.4 Å². The van der Waals surface area contributed by atoms with Crippen LogP contribution in [0.25, 0.3) is 0 Å². The highest BCUT2D eigenvalue weighted by Gasteiger charge is 2.26. The number of H-pyrrole nitrogens is 1. The summed E-state index contributed by atoms with van der Waals surface area (Å²) in [6.45, 7) is 6.57. The first-order valence-corrected chi connectivity index (χ1v) is 11.9. The Hall–Kier alpha value is -3.69. The molecule has 9 heteroatoms. The second-order valence-corrected chi connectivity index (χ2v) is 8.74. The summed E-state index contributed by atoms with van der Waals surface area (Å²) >= 11 is 0. The van der Waals surface area contributed by atoms with Gasteiger partial charge in [-0.15, -0.1) is 0 Å². The van der Waals surface area contributed by atoms with Crippen LogP contribution in [-0.2, 0) is 17.9 Å². The van der Waals surface area contributed by atoms with Gasteiger partial charge in [-0.25, -0.2) is 4.79 Å². The van der Waals surface area contributed by atoms with Crippen molar-refractivity contribution in [3.05, 3.63) is 92.6 Å². The van der Waals surface area contributed by atoms with E-state index in [0.717, 1.165) is 38.3 Å². The van der Waals surface area contributed by atoms with Gasteiger partial charge in [-0.1, -0.05) is 60.7 Å². The molecule has 1 fully saturated rings. The molecule has 2 aromatic carbocycles. The third kappa shape index (κ3) is 5.87. The van der Waals surface area contributed by atoms with Crippen LogP contribution in [0.4, 0.5) is 11.5 Å². The minimum absolute atomic E-state index is 0.00881. The Labute approximate surface area is 204 Å². The number of carbonyl (C=O) groups excluding carboxylic acids is 1. The first kappa shape index (κ1) is 24.4. The molecule has 4 rings (SSSR count).